The normalized spacial score (nSPS) is 11.2. The Balaban J connectivity index is 1.77. The number of aromatic nitrogens is 3. The molecular formula is C25H23N5O. The molecule has 0 atom stereocenters. The molecule has 0 bridgehead atoms. The largest absolute Gasteiger partial charge is 0.309 e. The van der Waals surface area contributed by atoms with Crippen molar-refractivity contribution in [3.63, 3.8) is 0 Å². The van der Waals surface area contributed by atoms with Crippen molar-refractivity contribution in [1.82, 2.24) is 14.5 Å². The van der Waals surface area contributed by atoms with Crippen LogP contribution in [0.2, 0.25) is 0 Å². The maximum atomic E-state index is 12.7. The van der Waals surface area contributed by atoms with Crippen LogP contribution in [0.5, 0.6) is 0 Å². The molecule has 0 aliphatic heterocycles. The van der Waals surface area contributed by atoms with Gasteiger partial charge in [0.2, 0.25) is 5.91 Å². The number of amides is 1. The standard InChI is InChI=1S/C25H23N5O/c1-2-3-9-16-30-24(29-22(31)15-14-18-10-5-4-6-11-18)19(17-26)23-25(30)28-21-13-8-7-12-20(21)27-23/h4-8,10-15H,2-3,9,16H2,1H3,(H,29,31). The molecule has 1 amide bonds. The van der Waals surface area contributed by atoms with Gasteiger partial charge in [0.05, 0.1) is 11.0 Å². The average molecular weight is 409 g/mol. The molecule has 0 aliphatic carbocycles. The van der Waals surface area contributed by atoms with Gasteiger partial charge in [-0.2, -0.15) is 5.26 Å². The van der Waals surface area contributed by atoms with Crippen molar-refractivity contribution in [2.24, 2.45) is 0 Å². The summed E-state index contributed by atoms with van der Waals surface area (Å²) in [6, 6.07) is 19.4. The van der Waals surface area contributed by atoms with E-state index in [9.17, 15) is 10.1 Å². The fraction of sp³-hybridized carbons (Fsp3) is 0.200. The summed E-state index contributed by atoms with van der Waals surface area (Å²) in [4.78, 5) is 22.1. The third-order valence-electron chi connectivity index (χ3n) is 5.12. The number of hydrogen-bond acceptors (Lipinski definition) is 4. The Morgan fingerprint density at radius 2 is 1.77 bits per heavy atom. The van der Waals surface area contributed by atoms with Crippen LogP contribution in [0.25, 0.3) is 28.3 Å². The Morgan fingerprint density at radius 1 is 1.06 bits per heavy atom. The molecule has 1 N–H and O–H groups in total. The first-order valence-electron chi connectivity index (χ1n) is 10.4. The van der Waals surface area contributed by atoms with Crippen LogP contribution in [0.3, 0.4) is 0 Å². The number of hydrogen-bond donors (Lipinski definition) is 1. The van der Waals surface area contributed by atoms with Crippen LogP contribution < -0.4 is 5.32 Å². The summed E-state index contributed by atoms with van der Waals surface area (Å²) >= 11 is 0. The summed E-state index contributed by atoms with van der Waals surface area (Å²) in [5, 5.41) is 12.8. The summed E-state index contributed by atoms with van der Waals surface area (Å²) in [5.74, 6) is 0.149. The van der Waals surface area contributed by atoms with Gasteiger partial charge in [-0.1, -0.05) is 62.2 Å². The lowest BCUT2D eigenvalue weighted by atomic mass is 10.2. The number of aryl methyl sites for hydroxylation is 1. The summed E-state index contributed by atoms with van der Waals surface area (Å²) in [7, 11) is 0. The first-order chi connectivity index (χ1) is 15.2. The number of carbonyl (C=O) groups excluding carboxylic acids is 1. The van der Waals surface area contributed by atoms with E-state index in [0.717, 1.165) is 35.9 Å². The van der Waals surface area contributed by atoms with Crippen molar-refractivity contribution < 1.29 is 4.79 Å². The molecule has 6 heteroatoms. The maximum Gasteiger partial charge on any atom is 0.249 e. The predicted octanol–water partition coefficient (Wildman–Crippen LogP) is 5.30. The molecule has 31 heavy (non-hydrogen) atoms. The number of nitrogens with one attached hydrogen (secondary N) is 1. The first kappa shape index (κ1) is 20.3. The second-order valence-electron chi connectivity index (χ2n) is 7.31. The van der Waals surface area contributed by atoms with Gasteiger partial charge >= 0.3 is 0 Å². The van der Waals surface area contributed by atoms with Crippen LogP contribution >= 0.6 is 0 Å². The zero-order valence-electron chi connectivity index (χ0n) is 17.4. The number of fused-ring (bicyclic) bond motifs is 2. The van der Waals surface area contributed by atoms with Gasteiger partial charge in [0.1, 0.15) is 23.0 Å². The third-order valence-corrected chi connectivity index (χ3v) is 5.12. The molecule has 0 fully saturated rings. The van der Waals surface area contributed by atoms with E-state index >= 15 is 0 Å². The van der Waals surface area contributed by atoms with Gasteiger partial charge in [0.25, 0.3) is 0 Å². The van der Waals surface area contributed by atoms with Crippen molar-refractivity contribution in [3.05, 3.63) is 71.8 Å². The molecule has 2 heterocycles. The fourth-order valence-electron chi connectivity index (χ4n) is 3.57. The Kier molecular flexibility index (Phi) is 6.04. The Morgan fingerprint density at radius 3 is 2.48 bits per heavy atom. The Bertz CT molecular complexity index is 1300. The molecule has 0 saturated carbocycles. The van der Waals surface area contributed by atoms with Crippen molar-refractivity contribution in [2.75, 3.05) is 5.32 Å². The number of para-hydroxylation sites is 2. The second-order valence-corrected chi connectivity index (χ2v) is 7.31. The number of rotatable bonds is 7. The van der Waals surface area contributed by atoms with Crippen LogP contribution in [0.4, 0.5) is 5.82 Å². The minimum absolute atomic E-state index is 0.301. The van der Waals surface area contributed by atoms with Crippen LogP contribution in [0, 0.1) is 11.3 Å². The summed E-state index contributed by atoms with van der Waals surface area (Å²) in [5.41, 5.74) is 3.88. The van der Waals surface area contributed by atoms with Gasteiger partial charge in [-0.25, -0.2) is 9.97 Å². The quantitative estimate of drug-likeness (QED) is 0.332. The Hall–Kier alpha value is -3.98. The van der Waals surface area contributed by atoms with Crippen LogP contribution in [-0.4, -0.2) is 20.4 Å². The molecule has 0 unspecified atom stereocenters. The first-order valence-corrected chi connectivity index (χ1v) is 10.4. The van der Waals surface area contributed by atoms with E-state index in [0.29, 0.717) is 29.1 Å². The van der Waals surface area contributed by atoms with E-state index in [2.05, 4.69) is 23.3 Å². The number of nitrogens with zero attached hydrogens (tertiary/aromatic N) is 4. The SMILES string of the molecule is CCCCCn1c(NC(=O)C=Cc2ccccc2)c(C#N)c2nc3ccccc3nc21. The second kappa shape index (κ2) is 9.23. The summed E-state index contributed by atoms with van der Waals surface area (Å²) in [6.45, 7) is 2.79. The monoisotopic (exact) mass is 409 g/mol. The van der Waals surface area contributed by atoms with E-state index in [4.69, 9.17) is 4.98 Å². The molecule has 6 nitrogen and oxygen atoms in total. The fourth-order valence-corrected chi connectivity index (χ4v) is 3.57. The van der Waals surface area contributed by atoms with E-state index in [1.165, 1.54) is 6.08 Å². The molecule has 0 saturated heterocycles. The minimum atomic E-state index is -0.301. The molecule has 0 spiro atoms. The van der Waals surface area contributed by atoms with Gasteiger partial charge in [0, 0.05) is 12.6 Å². The van der Waals surface area contributed by atoms with Gasteiger partial charge in [0.15, 0.2) is 5.65 Å². The number of benzene rings is 2. The molecule has 0 aliphatic rings. The zero-order chi connectivity index (χ0) is 21.6. The molecule has 2 aromatic heterocycles. The molecule has 154 valence electrons. The summed E-state index contributed by atoms with van der Waals surface area (Å²) in [6.07, 6.45) is 6.25. The van der Waals surface area contributed by atoms with E-state index < -0.39 is 0 Å². The third kappa shape index (κ3) is 4.31. The van der Waals surface area contributed by atoms with Gasteiger partial charge in [-0.3, -0.25) is 4.79 Å². The van der Waals surface area contributed by atoms with Crippen molar-refractivity contribution in [2.45, 2.75) is 32.7 Å². The molecular weight excluding hydrogens is 386 g/mol. The highest BCUT2D eigenvalue weighted by Gasteiger charge is 2.21. The number of anilines is 1. The zero-order valence-corrected chi connectivity index (χ0v) is 17.4. The predicted molar refractivity (Wildman–Crippen MR) is 123 cm³/mol. The molecule has 2 aromatic carbocycles. The topological polar surface area (TPSA) is 83.6 Å². The van der Waals surface area contributed by atoms with Gasteiger partial charge in [-0.05, 0) is 30.2 Å². The smallest absolute Gasteiger partial charge is 0.249 e. The molecule has 4 rings (SSSR count). The molecule has 0 radical (unpaired) electrons. The highest BCUT2D eigenvalue weighted by atomic mass is 16.1. The van der Waals surface area contributed by atoms with Crippen LogP contribution in [-0.2, 0) is 11.3 Å². The van der Waals surface area contributed by atoms with E-state index in [1.807, 2.05) is 59.2 Å². The molecule has 4 aromatic rings. The summed E-state index contributed by atoms with van der Waals surface area (Å²) < 4.78 is 1.91. The number of nitriles is 1. The number of carbonyl (C=O) groups is 1. The minimum Gasteiger partial charge on any atom is -0.309 e. The maximum absolute atomic E-state index is 12.7. The highest BCUT2D eigenvalue weighted by Crippen LogP contribution is 2.30. The van der Waals surface area contributed by atoms with Crippen molar-refractivity contribution in [3.8, 4) is 6.07 Å². The van der Waals surface area contributed by atoms with Crippen molar-refractivity contribution >= 4 is 40.0 Å². The van der Waals surface area contributed by atoms with E-state index in [1.54, 1.807) is 6.08 Å². The van der Waals surface area contributed by atoms with Crippen molar-refractivity contribution in [1.29, 1.82) is 5.26 Å². The van der Waals surface area contributed by atoms with E-state index in [-0.39, 0.29) is 5.91 Å². The van der Waals surface area contributed by atoms with Gasteiger partial charge in [-0.15, -0.1) is 0 Å². The van der Waals surface area contributed by atoms with Crippen LogP contribution in [0.1, 0.15) is 37.3 Å². The number of unbranched alkanes of at least 4 members (excludes halogenated alkanes) is 2. The van der Waals surface area contributed by atoms with Gasteiger partial charge < -0.3 is 9.88 Å². The highest BCUT2D eigenvalue weighted by molar-refractivity contribution is 6.05. The average Bonchev–Trinajstić information content (AvgIpc) is 3.08. The Labute approximate surface area is 180 Å². The lowest BCUT2D eigenvalue weighted by Gasteiger charge is -2.10. The lowest BCUT2D eigenvalue weighted by Crippen LogP contribution is -2.14. The lowest BCUT2D eigenvalue weighted by molar-refractivity contribution is -0.111. The van der Waals surface area contributed by atoms with Crippen LogP contribution in [0.15, 0.2) is 60.7 Å².